The van der Waals surface area contributed by atoms with Gasteiger partial charge in [-0.3, -0.25) is 24.9 Å². The number of nitrogens with zero attached hydrogens (tertiary/aromatic N) is 11. The van der Waals surface area contributed by atoms with Gasteiger partial charge in [-0.15, -0.1) is 0 Å². The third-order valence-corrected chi connectivity index (χ3v) is 11.5. The van der Waals surface area contributed by atoms with Crippen molar-refractivity contribution in [3.8, 4) is 0 Å². The normalized spacial score (nSPS) is 9.98. The molecule has 0 spiro atoms. The molecule has 7 heterocycles. The van der Waals surface area contributed by atoms with Gasteiger partial charge in [-0.05, 0) is 86.4 Å². The molecule has 552 valence electrons. The van der Waals surface area contributed by atoms with Crippen molar-refractivity contribution in [2.24, 2.45) is 0 Å². The fraction of sp³-hybridized carbons (Fsp3) is 0.570. The van der Waals surface area contributed by atoms with Crippen LogP contribution >= 0.6 is 0 Å². The Morgan fingerprint density at radius 3 is 0.794 bits per heavy atom. The molecule has 1 aromatic carbocycles. The van der Waals surface area contributed by atoms with Crippen LogP contribution in [0.5, 0.6) is 0 Å². The summed E-state index contributed by atoms with van der Waals surface area (Å²) < 4.78 is 0. The van der Waals surface area contributed by atoms with Gasteiger partial charge in [0.25, 0.3) is 0 Å². The predicted octanol–water partition coefficient (Wildman–Crippen LogP) is 26.1. The van der Waals surface area contributed by atoms with Crippen LogP contribution in [0.2, 0.25) is 0 Å². The van der Waals surface area contributed by atoms with E-state index in [1.54, 1.807) is 56.0 Å². The number of hydrogen-bond donors (Lipinski definition) is 0. The summed E-state index contributed by atoms with van der Waals surface area (Å²) in [6, 6.07) is 28.5. The van der Waals surface area contributed by atoms with Gasteiger partial charge in [-0.25, -0.2) is 29.9 Å². The summed E-state index contributed by atoms with van der Waals surface area (Å²) >= 11 is 0. The van der Waals surface area contributed by atoms with Gasteiger partial charge in [0, 0.05) is 114 Å². The van der Waals surface area contributed by atoms with Gasteiger partial charge < -0.3 is 0 Å². The van der Waals surface area contributed by atoms with Crippen LogP contribution in [-0.4, -0.2) is 54.8 Å². The summed E-state index contributed by atoms with van der Waals surface area (Å²) in [5, 5.41) is 0. The standard InChI is InChI=1S/C10H14.3C9H13N.4C8H12N2.8C2H6.CH4/c1-10(2,3)9-7-5-4-6-8-9;1-9(2,3)8-4-6-10-7-5-8;1-9(2,3)8-5-4-6-10-7-8;1-9(2,3)8-6-4-5-7-10-8;1-8(2,3)7-4-9-6-10-5-7;1-8(2,3)7-6-9-4-5-10-7;1-8(2,3)7-4-5-9-6-10-7;1-8(2,3)7-9-5-4-6-10-7;8*1-2;/h4-8H,1-3H3;3*4-7H,1-3H3;4*4-6H,1-3H3;8*1-2H3;1H4. The average Bonchev–Trinajstić information content (AvgIpc) is 2.60. The molecule has 0 saturated heterocycles. The largest absolute Gasteiger partial charge is 0.265 e. The fourth-order valence-corrected chi connectivity index (χ4v) is 6.20. The molecule has 0 saturated carbocycles. The van der Waals surface area contributed by atoms with Crippen molar-refractivity contribution < 1.29 is 0 Å². The Kier molecular flexibility index (Phi) is 70.0. The van der Waals surface area contributed by atoms with Crippen molar-refractivity contribution in [2.75, 3.05) is 0 Å². The average molecular weight is 1340 g/mol. The second kappa shape index (κ2) is 62.5. The molecule has 7 aromatic heterocycles. The van der Waals surface area contributed by atoms with E-state index >= 15 is 0 Å². The van der Waals surface area contributed by atoms with Gasteiger partial charge in [-0.2, -0.15) is 0 Å². The molecule has 0 fully saturated rings. The van der Waals surface area contributed by atoms with E-state index in [-0.39, 0.29) is 45.3 Å². The Morgan fingerprint density at radius 1 is 0.196 bits per heavy atom. The van der Waals surface area contributed by atoms with E-state index in [0.29, 0.717) is 5.41 Å². The minimum Gasteiger partial charge on any atom is -0.265 e. The van der Waals surface area contributed by atoms with Gasteiger partial charge in [0.15, 0.2) is 0 Å². The number of benzene rings is 1. The summed E-state index contributed by atoms with van der Waals surface area (Å²) in [7, 11) is 0. The van der Waals surface area contributed by atoms with Crippen LogP contribution in [0, 0.1) is 0 Å². The summed E-state index contributed by atoms with van der Waals surface area (Å²) in [5.41, 5.74) is 9.93. The second-order valence-corrected chi connectivity index (χ2v) is 27.4. The van der Waals surface area contributed by atoms with Crippen molar-refractivity contribution >= 4 is 0 Å². The minimum atomic E-state index is 0. The molecule has 11 nitrogen and oxygen atoms in total. The highest BCUT2D eigenvalue weighted by atomic mass is 14.9. The van der Waals surface area contributed by atoms with Crippen molar-refractivity contribution in [3.63, 3.8) is 0 Å². The molecule has 0 amide bonds. The molecule has 0 atom stereocenters. The lowest BCUT2D eigenvalue weighted by molar-refractivity contribution is 0.545. The monoisotopic (exact) mass is 1340 g/mol. The van der Waals surface area contributed by atoms with Gasteiger partial charge >= 0.3 is 0 Å². The van der Waals surface area contributed by atoms with Crippen LogP contribution in [0.3, 0.4) is 0 Å². The lowest BCUT2D eigenvalue weighted by Gasteiger charge is -2.18. The highest BCUT2D eigenvalue weighted by Crippen LogP contribution is 2.24. The maximum atomic E-state index is 4.25. The van der Waals surface area contributed by atoms with Crippen molar-refractivity contribution in [1.29, 1.82) is 0 Å². The molecule has 0 aliphatic rings. The zero-order chi connectivity index (χ0) is 76.9. The maximum absolute atomic E-state index is 4.25. The second-order valence-electron chi connectivity index (χ2n) is 27.4. The Morgan fingerprint density at radius 2 is 0.546 bits per heavy atom. The molecule has 0 aliphatic heterocycles. The molecule has 0 N–H and O–H groups in total. The zero-order valence-electron chi connectivity index (χ0n) is 69.7. The van der Waals surface area contributed by atoms with E-state index in [4.69, 9.17) is 0 Å². The third-order valence-electron chi connectivity index (χ3n) is 11.5. The molecule has 97 heavy (non-hydrogen) atoms. The number of hydrogen-bond acceptors (Lipinski definition) is 11. The van der Waals surface area contributed by atoms with E-state index in [1.807, 2.05) is 178 Å². The van der Waals surface area contributed by atoms with Crippen LogP contribution in [0.1, 0.15) is 330 Å². The topological polar surface area (TPSA) is 142 Å². The quantitative estimate of drug-likeness (QED) is 0.143. The number of aromatic nitrogens is 11. The molecule has 8 rings (SSSR count). The molecule has 0 bridgehead atoms. The first-order valence-electron chi connectivity index (χ1n) is 35.7. The minimum absolute atomic E-state index is 0. The smallest absolute Gasteiger partial charge is 0.133 e. The van der Waals surface area contributed by atoms with Crippen LogP contribution in [0.15, 0.2) is 178 Å². The Labute approximate surface area is 602 Å². The summed E-state index contributed by atoms with van der Waals surface area (Å²) in [6.07, 6.45) is 26.6. The van der Waals surface area contributed by atoms with Crippen molar-refractivity contribution in [3.05, 3.63) is 223 Å². The molecule has 0 radical (unpaired) electrons. The van der Waals surface area contributed by atoms with E-state index in [1.165, 1.54) is 22.3 Å². The molecule has 8 aromatic rings. The summed E-state index contributed by atoms with van der Waals surface area (Å²) in [4.78, 5) is 44.6. The van der Waals surface area contributed by atoms with E-state index in [2.05, 4.69) is 276 Å². The lowest BCUT2D eigenvalue weighted by Crippen LogP contribution is -2.14. The highest BCUT2D eigenvalue weighted by Gasteiger charge is 2.18. The van der Waals surface area contributed by atoms with E-state index in [9.17, 15) is 0 Å². The Hall–Kier alpha value is -7.01. The predicted molar refractivity (Wildman–Crippen MR) is 434 cm³/mol. The zero-order valence-corrected chi connectivity index (χ0v) is 69.7. The SMILES string of the molecule is C.CC.CC.CC.CC.CC.CC.CC.CC.CC(C)(C)c1ccccc1.CC(C)(C)c1ccccn1.CC(C)(C)c1cccnc1.CC(C)(C)c1ccncc1.CC(C)(C)c1ccncn1.CC(C)(C)c1cnccn1.CC(C)(C)c1cncnc1.CC(C)(C)c1ncccn1. The van der Waals surface area contributed by atoms with E-state index in [0.717, 1.165) is 22.9 Å². The molecule has 0 unspecified atom stereocenters. The van der Waals surface area contributed by atoms with Gasteiger partial charge in [0.2, 0.25) is 0 Å². The number of rotatable bonds is 0. The van der Waals surface area contributed by atoms with Gasteiger partial charge in [0.05, 0.1) is 5.69 Å². The van der Waals surface area contributed by atoms with Crippen molar-refractivity contribution in [2.45, 2.75) is 328 Å². The summed E-state index contributed by atoms with van der Waals surface area (Å²) in [6.45, 7) is 83.8. The van der Waals surface area contributed by atoms with Crippen LogP contribution in [0.25, 0.3) is 0 Å². The van der Waals surface area contributed by atoms with E-state index < -0.39 is 0 Å². The molecular weight excluding hydrogens is 1190 g/mol. The number of pyridine rings is 3. The molecule has 0 aliphatic carbocycles. The Bertz CT molecular complexity index is 2170. The fourth-order valence-electron chi connectivity index (χ4n) is 6.20. The van der Waals surface area contributed by atoms with Crippen LogP contribution in [-0.2, 0) is 43.3 Å². The van der Waals surface area contributed by atoms with Gasteiger partial charge in [0.1, 0.15) is 18.5 Å². The lowest BCUT2D eigenvalue weighted by atomic mass is 9.87. The molecule has 11 heteroatoms. The first-order chi connectivity index (χ1) is 44.8. The van der Waals surface area contributed by atoms with Crippen LogP contribution in [0.4, 0.5) is 0 Å². The maximum Gasteiger partial charge on any atom is 0.133 e. The molecular formula is C86H153N11. The first-order valence-corrected chi connectivity index (χ1v) is 35.7. The first kappa shape index (κ1) is 109. The van der Waals surface area contributed by atoms with Crippen molar-refractivity contribution in [1.82, 2.24) is 54.8 Å². The van der Waals surface area contributed by atoms with Gasteiger partial charge in [-0.1, -0.05) is 327 Å². The Balaban J connectivity index is -0.000000126. The van der Waals surface area contributed by atoms with Crippen LogP contribution < -0.4 is 0 Å². The summed E-state index contributed by atoms with van der Waals surface area (Å²) in [5.74, 6) is 0.898. The third kappa shape index (κ3) is 61.1. The highest BCUT2D eigenvalue weighted by molar-refractivity contribution is 5.23.